The molecule has 0 atom stereocenters. The van der Waals surface area contributed by atoms with E-state index in [0.717, 1.165) is 22.6 Å². The first-order valence-corrected chi connectivity index (χ1v) is 8.09. The third-order valence-corrected chi connectivity index (χ3v) is 4.53. The summed E-state index contributed by atoms with van der Waals surface area (Å²) in [6, 6.07) is 5.72. The van der Waals surface area contributed by atoms with Gasteiger partial charge in [-0.15, -0.1) is 0 Å². The standard InChI is InChI=1S/C15H14Cl2N6/c16-12-5-10(3-4-13(12)23-8-18-7-20-23)19-6-11-14(9-1-2-9)21-22-15(11)17/h3-5,7-9,19H,1-2,6H2,(H,21,22). The molecule has 0 radical (unpaired) electrons. The zero-order valence-electron chi connectivity index (χ0n) is 12.1. The fraction of sp³-hybridized carbons (Fsp3) is 0.267. The lowest BCUT2D eigenvalue weighted by Gasteiger charge is -2.10. The molecule has 8 heteroatoms. The van der Waals surface area contributed by atoms with Crippen molar-refractivity contribution in [1.29, 1.82) is 0 Å². The van der Waals surface area contributed by atoms with Crippen molar-refractivity contribution in [3.63, 3.8) is 0 Å². The number of rotatable bonds is 5. The van der Waals surface area contributed by atoms with Crippen LogP contribution in [0, 0.1) is 0 Å². The number of nitrogens with one attached hydrogen (secondary N) is 2. The third kappa shape index (κ3) is 2.92. The van der Waals surface area contributed by atoms with Gasteiger partial charge in [0.25, 0.3) is 0 Å². The summed E-state index contributed by atoms with van der Waals surface area (Å²) < 4.78 is 1.63. The molecular formula is C15H14Cl2N6. The number of anilines is 1. The van der Waals surface area contributed by atoms with Crippen LogP contribution in [0.1, 0.15) is 30.0 Å². The van der Waals surface area contributed by atoms with Crippen molar-refractivity contribution >= 4 is 28.9 Å². The number of hydrogen-bond donors (Lipinski definition) is 2. The normalized spacial score (nSPS) is 14.2. The summed E-state index contributed by atoms with van der Waals surface area (Å²) in [6.45, 7) is 0.611. The zero-order valence-corrected chi connectivity index (χ0v) is 13.6. The van der Waals surface area contributed by atoms with Crippen LogP contribution in [0.4, 0.5) is 5.69 Å². The van der Waals surface area contributed by atoms with Crippen molar-refractivity contribution in [2.75, 3.05) is 5.32 Å². The van der Waals surface area contributed by atoms with Crippen molar-refractivity contribution in [2.24, 2.45) is 0 Å². The Balaban J connectivity index is 1.52. The summed E-state index contributed by atoms with van der Waals surface area (Å²) in [6.07, 6.45) is 5.48. The van der Waals surface area contributed by atoms with Crippen molar-refractivity contribution in [2.45, 2.75) is 25.3 Å². The maximum atomic E-state index is 6.33. The van der Waals surface area contributed by atoms with E-state index in [9.17, 15) is 0 Å². The highest BCUT2D eigenvalue weighted by Crippen LogP contribution is 2.42. The second kappa shape index (κ2) is 5.86. The molecule has 4 rings (SSSR count). The fourth-order valence-electron chi connectivity index (χ4n) is 2.56. The lowest BCUT2D eigenvalue weighted by Crippen LogP contribution is -2.03. The SMILES string of the molecule is Clc1cc(NCc2c(Cl)n[nH]c2C2CC2)ccc1-n1cncn1. The van der Waals surface area contributed by atoms with E-state index >= 15 is 0 Å². The number of halogens is 2. The highest BCUT2D eigenvalue weighted by molar-refractivity contribution is 6.32. The Bertz CT molecular complexity index is 823. The molecule has 1 aromatic carbocycles. The van der Waals surface area contributed by atoms with Gasteiger partial charge in [0.2, 0.25) is 0 Å². The lowest BCUT2D eigenvalue weighted by molar-refractivity contribution is 0.879. The molecule has 118 valence electrons. The predicted octanol–water partition coefficient (Wildman–Crippen LogP) is 3.79. The van der Waals surface area contributed by atoms with E-state index in [0.29, 0.717) is 22.6 Å². The van der Waals surface area contributed by atoms with Gasteiger partial charge in [-0.3, -0.25) is 5.10 Å². The predicted molar refractivity (Wildman–Crippen MR) is 89.3 cm³/mol. The van der Waals surface area contributed by atoms with E-state index in [1.165, 1.54) is 19.2 Å². The van der Waals surface area contributed by atoms with Crippen LogP contribution in [0.25, 0.3) is 5.69 Å². The smallest absolute Gasteiger partial charge is 0.156 e. The van der Waals surface area contributed by atoms with Crippen molar-refractivity contribution < 1.29 is 0 Å². The molecule has 1 aliphatic carbocycles. The largest absolute Gasteiger partial charge is 0.381 e. The third-order valence-electron chi connectivity index (χ3n) is 3.92. The average molecular weight is 349 g/mol. The first kappa shape index (κ1) is 14.5. The Morgan fingerprint density at radius 2 is 2.17 bits per heavy atom. The molecule has 2 aromatic heterocycles. The molecule has 23 heavy (non-hydrogen) atoms. The molecule has 2 N–H and O–H groups in total. The van der Waals surface area contributed by atoms with Gasteiger partial charge in [0.15, 0.2) is 5.15 Å². The topological polar surface area (TPSA) is 71.4 Å². The summed E-state index contributed by atoms with van der Waals surface area (Å²) >= 11 is 12.5. The van der Waals surface area contributed by atoms with Gasteiger partial charge in [-0.05, 0) is 31.0 Å². The van der Waals surface area contributed by atoms with E-state index in [1.807, 2.05) is 18.2 Å². The second-order valence-electron chi connectivity index (χ2n) is 5.54. The van der Waals surface area contributed by atoms with Crippen LogP contribution in [-0.4, -0.2) is 25.0 Å². The van der Waals surface area contributed by atoms with E-state index in [2.05, 4.69) is 25.6 Å². The van der Waals surface area contributed by atoms with Gasteiger partial charge in [-0.25, -0.2) is 9.67 Å². The lowest BCUT2D eigenvalue weighted by atomic mass is 10.1. The second-order valence-corrected chi connectivity index (χ2v) is 6.31. The minimum Gasteiger partial charge on any atom is -0.381 e. The first-order chi connectivity index (χ1) is 11.2. The van der Waals surface area contributed by atoms with Gasteiger partial charge < -0.3 is 5.32 Å². The van der Waals surface area contributed by atoms with Crippen LogP contribution < -0.4 is 5.32 Å². The van der Waals surface area contributed by atoms with E-state index in [1.54, 1.807) is 11.0 Å². The highest BCUT2D eigenvalue weighted by Gasteiger charge is 2.29. The first-order valence-electron chi connectivity index (χ1n) is 7.33. The van der Waals surface area contributed by atoms with E-state index in [-0.39, 0.29) is 0 Å². The van der Waals surface area contributed by atoms with Crippen molar-refractivity contribution in [3.05, 3.63) is 52.3 Å². The summed E-state index contributed by atoms with van der Waals surface area (Å²) in [7, 11) is 0. The van der Waals surface area contributed by atoms with Crippen LogP contribution >= 0.6 is 23.2 Å². The maximum Gasteiger partial charge on any atom is 0.156 e. The van der Waals surface area contributed by atoms with Gasteiger partial charge >= 0.3 is 0 Å². The van der Waals surface area contributed by atoms with Gasteiger partial charge in [0.05, 0.1) is 10.7 Å². The summed E-state index contributed by atoms with van der Waals surface area (Å²) in [5.41, 5.74) is 3.88. The van der Waals surface area contributed by atoms with Gasteiger partial charge in [-0.2, -0.15) is 10.2 Å². The van der Waals surface area contributed by atoms with Crippen LogP contribution in [-0.2, 0) is 6.54 Å². The Hall–Kier alpha value is -2.05. The van der Waals surface area contributed by atoms with Crippen molar-refractivity contribution in [1.82, 2.24) is 25.0 Å². The number of aromatic amines is 1. The van der Waals surface area contributed by atoms with Crippen LogP contribution in [0.3, 0.4) is 0 Å². The molecule has 0 unspecified atom stereocenters. The minimum absolute atomic E-state index is 0.532. The fourth-order valence-corrected chi connectivity index (χ4v) is 3.04. The molecule has 2 heterocycles. The number of H-pyrrole nitrogens is 1. The molecular weight excluding hydrogens is 335 g/mol. The van der Waals surface area contributed by atoms with Crippen LogP contribution in [0.2, 0.25) is 10.2 Å². The molecule has 0 spiro atoms. The van der Waals surface area contributed by atoms with E-state index in [4.69, 9.17) is 23.2 Å². The molecule has 6 nitrogen and oxygen atoms in total. The molecule has 1 saturated carbocycles. The molecule has 0 aliphatic heterocycles. The summed E-state index contributed by atoms with van der Waals surface area (Å²) in [4.78, 5) is 3.93. The number of benzene rings is 1. The van der Waals surface area contributed by atoms with Crippen LogP contribution in [0.5, 0.6) is 0 Å². The van der Waals surface area contributed by atoms with Gasteiger partial charge in [0.1, 0.15) is 12.7 Å². The number of aromatic nitrogens is 5. The maximum absolute atomic E-state index is 6.33. The quantitative estimate of drug-likeness (QED) is 0.735. The van der Waals surface area contributed by atoms with Crippen LogP contribution in [0.15, 0.2) is 30.9 Å². The molecule has 3 aromatic rings. The summed E-state index contributed by atoms with van der Waals surface area (Å²) in [5.74, 6) is 0.574. The molecule has 1 fully saturated rings. The van der Waals surface area contributed by atoms with Gasteiger partial charge in [-0.1, -0.05) is 23.2 Å². The highest BCUT2D eigenvalue weighted by atomic mass is 35.5. The molecule has 0 amide bonds. The Kier molecular flexibility index (Phi) is 3.71. The van der Waals surface area contributed by atoms with E-state index < -0.39 is 0 Å². The summed E-state index contributed by atoms with van der Waals surface area (Å²) in [5, 5.41) is 15.7. The Labute approximate surface area is 142 Å². The molecule has 1 aliphatic rings. The zero-order chi connectivity index (χ0) is 15.8. The molecule has 0 bridgehead atoms. The van der Waals surface area contributed by atoms with Gasteiger partial charge in [0, 0.05) is 29.4 Å². The van der Waals surface area contributed by atoms with Crippen molar-refractivity contribution in [3.8, 4) is 5.69 Å². The Morgan fingerprint density at radius 1 is 1.30 bits per heavy atom. The number of hydrogen-bond acceptors (Lipinski definition) is 4. The minimum atomic E-state index is 0.532. The average Bonchev–Trinajstić information content (AvgIpc) is 3.11. The molecule has 0 saturated heterocycles. The number of nitrogens with zero attached hydrogens (tertiary/aromatic N) is 4. The monoisotopic (exact) mass is 348 g/mol. The Morgan fingerprint density at radius 3 is 2.87 bits per heavy atom.